The van der Waals surface area contributed by atoms with E-state index in [1.54, 1.807) is 61.5 Å². The Kier molecular flexibility index (Phi) is 8.57. The van der Waals surface area contributed by atoms with E-state index in [1.165, 1.54) is 6.08 Å². The molecule has 1 aliphatic rings. The summed E-state index contributed by atoms with van der Waals surface area (Å²) in [5, 5.41) is 5.62. The number of carbonyl (C=O) groups is 4. The number of carbonyl (C=O) groups excluding carboxylic acids is 4. The third kappa shape index (κ3) is 5.94. The second-order valence-electron chi connectivity index (χ2n) is 7.97. The number of hydrogen-bond acceptors (Lipinski definition) is 5. The van der Waals surface area contributed by atoms with Crippen molar-refractivity contribution >= 4 is 96.3 Å². The SMILES string of the molecule is Cc1c(Cl)cccc1N1C(=O)NC(=O)/C(=C/c2cc(Br)c(OCC(=O)Nc3ccccc3Cl)c(Br)c2)C1=O. The molecule has 1 heterocycles. The Morgan fingerprint density at radius 1 is 1.03 bits per heavy atom. The third-order valence-corrected chi connectivity index (χ3v) is 7.33. The molecule has 0 bridgehead atoms. The van der Waals surface area contributed by atoms with Gasteiger partial charge in [-0.05, 0) is 92.4 Å². The van der Waals surface area contributed by atoms with Crippen molar-refractivity contribution in [2.75, 3.05) is 16.8 Å². The summed E-state index contributed by atoms with van der Waals surface area (Å²) in [5.41, 5.74) is 1.43. The van der Waals surface area contributed by atoms with Gasteiger partial charge in [-0.2, -0.15) is 0 Å². The van der Waals surface area contributed by atoms with Gasteiger partial charge in [0.25, 0.3) is 17.7 Å². The lowest BCUT2D eigenvalue weighted by atomic mass is 10.1. The van der Waals surface area contributed by atoms with E-state index in [4.69, 9.17) is 27.9 Å². The molecule has 12 heteroatoms. The quantitative estimate of drug-likeness (QED) is 0.228. The average Bonchev–Trinajstić information content (AvgIpc) is 2.85. The highest BCUT2D eigenvalue weighted by atomic mass is 79.9. The molecule has 4 rings (SSSR count). The smallest absolute Gasteiger partial charge is 0.335 e. The fourth-order valence-corrected chi connectivity index (χ4v) is 5.37. The minimum Gasteiger partial charge on any atom is -0.481 e. The molecule has 0 aliphatic carbocycles. The van der Waals surface area contributed by atoms with Crippen molar-refractivity contribution in [1.29, 1.82) is 0 Å². The van der Waals surface area contributed by atoms with Gasteiger partial charge in [-0.15, -0.1) is 0 Å². The summed E-state index contributed by atoms with van der Waals surface area (Å²) in [6.07, 6.45) is 1.35. The zero-order valence-corrected chi connectivity index (χ0v) is 24.2. The molecule has 194 valence electrons. The number of urea groups is 1. The van der Waals surface area contributed by atoms with E-state index >= 15 is 0 Å². The van der Waals surface area contributed by atoms with Crippen LogP contribution in [-0.4, -0.2) is 30.4 Å². The molecule has 0 saturated carbocycles. The lowest BCUT2D eigenvalue weighted by Crippen LogP contribution is -2.54. The molecule has 1 aliphatic heterocycles. The summed E-state index contributed by atoms with van der Waals surface area (Å²) in [7, 11) is 0. The Hall–Kier alpha value is -3.18. The Bertz CT molecular complexity index is 1500. The first kappa shape index (κ1) is 27.8. The van der Waals surface area contributed by atoms with Crippen LogP contribution in [0.15, 0.2) is 69.1 Å². The van der Waals surface area contributed by atoms with Crippen LogP contribution in [0, 0.1) is 6.92 Å². The number of ether oxygens (including phenoxy) is 1. The van der Waals surface area contributed by atoms with Gasteiger partial charge in [0, 0.05) is 5.02 Å². The normalized spacial score (nSPS) is 14.5. The highest BCUT2D eigenvalue weighted by molar-refractivity contribution is 9.11. The summed E-state index contributed by atoms with van der Waals surface area (Å²) in [5.74, 6) is -1.73. The Balaban J connectivity index is 1.55. The zero-order chi connectivity index (χ0) is 27.6. The Labute approximate surface area is 244 Å². The number of benzene rings is 3. The van der Waals surface area contributed by atoms with Crippen molar-refractivity contribution in [3.63, 3.8) is 0 Å². The second-order valence-corrected chi connectivity index (χ2v) is 10.5. The summed E-state index contributed by atoms with van der Waals surface area (Å²) in [6.45, 7) is 1.36. The number of rotatable bonds is 6. The molecule has 0 aromatic heterocycles. The van der Waals surface area contributed by atoms with Crippen LogP contribution < -0.4 is 20.3 Å². The summed E-state index contributed by atoms with van der Waals surface area (Å²) < 4.78 is 6.56. The van der Waals surface area contributed by atoms with Crippen LogP contribution in [-0.2, 0) is 14.4 Å². The van der Waals surface area contributed by atoms with E-state index < -0.39 is 23.8 Å². The molecular formula is C26H17Br2Cl2N3O5. The predicted octanol–water partition coefficient (Wildman–Crippen LogP) is 6.51. The van der Waals surface area contributed by atoms with Gasteiger partial charge in [0.2, 0.25) is 0 Å². The van der Waals surface area contributed by atoms with Crippen molar-refractivity contribution in [3.05, 3.63) is 90.3 Å². The molecule has 2 N–H and O–H groups in total. The van der Waals surface area contributed by atoms with E-state index in [1.807, 2.05) is 0 Å². The molecule has 3 aromatic carbocycles. The summed E-state index contributed by atoms with van der Waals surface area (Å²) >= 11 is 19.0. The number of barbiturate groups is 1. The van der Waals surface area contributed by atoms with E-state index in [9.17, 15) is 19.2 Å². The van der Waals surface area contributed by atoms with E-state index in [0.29, 0.717) is 41.6 Å². The van der Waals surface area contributed by atoms with E-state index in [-0.39, 0.29) is 17.9 Å². The first-order valence-electron chi connectivity index (χ1n) is 10.9. The van der Waals surface area contributed by atoms with Gasteiger partial charge in [-0.1, -0.05) is 41.4 Å². The predicted molar refractivity (Wildman–Crippen MR) is 153 cm³/mol. The van der Waals surface area contributed by atoms with Gasteiger partial charge in [0.05, 0.1) is 25.3 Å². The Morgan fingerprint density at radius 3 is 2.37 bits per heavy atom. The van der Waals surface area contributed by atoms with Crippen molar-refractivity contribution in [2.24, 2.45) is 0 Å². The van der Waals surface area contributed by atoms with Gasteiger partial charge in [-0.25, -0.2) is 9.69 Å². The number of anilines is 2. The maximum absolute atomic E-state index is 13.2. The van der Waals surface area contributed by atoms with Gasteiger partial charge in [-0.3, -0.25) is 19.7 Å². The molecule has 38 heavy (non-hydrogen) atoms. The van der Waals surface area contributed by atoms with Crippen LogP contribution in [0.1, 0.15) is 11.1 Å². The first-order valence-corrected chi connectivity index (χ1v) is 13.2. The molecule has 3 aromatic rings. The average molecular weight is 682 g/mol. The highest BCUT2D eigenvalue weighted by Gasteiger charge is 2.37. The molecule has 5 amide bonds. The lowest BCUT2D eigenvalue weighted by molar-refractivity contribution is -0.122. The maximum atomic E-state index is 13.2. The second kappa shape index (κ2) is 11.7. The summed E-state index contributed by atoms with van der Waals surface area (Å²) in [4.78, 5) is 51.5. The van der Waals surface area contributed by atoms with Crippen LogP contribution in [0.25, 0.3) is 6.08 Å². The molecule has 1 fully saturated rings. The standard InChI is InChI=1S/C26H17Br2Cl2N3O5/c1-13-18(29)6-4-8-21(13)33-25(36)15(24(35)32-26(33)37)9-14-10-16(27)23(17(28)11-14)38-12-22(34)31-20-7-3-2-5-19(20)30/h2-11H,12H2,1H3,(H,31,34)(H,32,35,37)/b15-9-. The van der Waals surface area contributed by atoms with Crippen molar-refractivity contribution in [3.8, 4) is 5.75 Å². The van der Waals surface area contributed by atoms with Crippen LogP contribution in [0.5, 0.6) is 5.75 Å². The number of nitrogens with one attached hydrogen (secondary N) is 2. The van der Waals surface area contributed by atoms with E-state index in [0.717, 1.165) is 4.90 Å². The van der Waals surface area contributed by atoms with Gasteiger partial charge in [0.1, 0.15) is 11.3 Å². The Morgan fingerprint density at radius 2 is 1.68 bits per heavy atom. The number of hydrogen-bond donors (Lipinski definition) is 2. The van der Waals surface area contributed by atoms with Crippen LogP contribution in [0.2, 0.25) is 10.0 Å². The van der Waals surface area contributed by atoms with Crippen molar-refractivity contribution in [1.82, 2.24) is 5.32 Å². The van der Waals surface area contributed by atoms with Crippen LogP contribution in [0.3, 0.4) is 0 Å². The van der Waals surface area contributed by atoms with Crippen LogP contribution in [0.4, 0.5) is 16.2 Å². The first-order chi connectivity index (χ1) is 18.1. The fourth-order valence-electron chi connectivity index (χ4n) is 3.57. The number of amides is 5. The van der Waals surface area contributed by atoms with Crippen LogP contribution >= 0.6 is 55.1 Å². The lowest BCUT2D eigenvalue weighted by Gasteiger charge is -2.27. The molecule has 8 nitrogen and oxygen atoms in total. The minimum absolute atomic E-state index is 0.254. The van der Waals surface area contributed by atoms with Gasteiger partial charge in [0.15, 0.2) is 6.61 Å². The molecule has 0 spiro atoms. The van der Waals surface area contributed by atoms with Crippen molar-refractivity contribution < 1.29 is 23.9 Å². The highest BCUT2D eigenvalue weighted by Crippen LogP contribution is 2.36. The fraction of sp³-hybridized carbons (Fsp3) is 0.0769. The summed E-state index contributed by atoms with van der Waals surface area (Å²) in [6, 6.07) is 13.9. The third-order valence-electron chi connectivity index (χ3n) is 5.41. The number of imide groups is 2. The van der Waals surface area contributed by atoms with Crippen molar-refractivity contribution in [2.45, 2.75) is 6.92 Å². The molecule has 0 atom stereocenters. The zero-order valence-electron chi connectivity index (χ0n) is 19.5. The topological polar surface area (TPSA) is 105 Å². The molecule has 0 radical (unpaired) electrons. The maximum Gasteiger partial charge on any atom is 0.335 e. The monoisotopic (exact) mass is 679 g/mol. The molecule has 0 unspecified atom stereocenters. The number of nitrogens with zero attached hydrogens (tertiary/aromatic N) is 1. The van der Waals surface area contributed by atoms with Gasteiger partial charge < -0.3 is 10.1 Å². The van der Waals surface area contributed by atoms with Gasteiger partial charge >= 0.3 is 6.03 Å². The number of para-hydroxylation sites is 1. The molecular weight excluding hydrogens is 665 g/mol. The molecule has 1 saturated heterocycles. The number of halogens is 4. The minimum atomic E-state index is -0.872. The largest absolute Gasteiger partial charge is 0.481 e. The van der Waals surface area contributed by atoms with E-state index in [2.05, 4.69) is 42.5 Å².